The maximum absolute atomic E-state index is 13.8. The Morgan fingerprint density at radius 1 is 1.14 bits per heavy atom. The van der Waals surface area contributed by atoms with Crippen molar-refractivity contribution >= 4 is 5.91 Å². The van der Waals surface area contributed by atoms with E-state index in [1.807, 2.05) is 0 Å². The van der Waals surface area contributed by atoms with Gasteiger partial charge < -0.3 is 10.2 Å². The number of carbonyl (C=O) groups excluding carboxylic acids is 1. The molecule has 22 heavy (non-hydrogen) atoms. The number of hydrogen-bond donors (Lipinski definition) is 1. The molecule has 0 bridgehead atoms. The molecule has 1 aliphatic rings. The normalized spacial score (nSPS) is 15.6. The summed E-state index contributed by atoms with van der Waals surface area (Å²) in [7, 11) is 0. The van der Waals surface area contributed by atoms with Crippen LogP contribution in [-0.2, 0) is 0 Å². The molecule has 0 spiro atoms. The highest BCUT2D eigenvalue weighted by molar-refractivity contribution is 5.92. The van der Waals surface area contributed by atoms with E-state index in [0.717, 1.165) is 36.3 Å². The number of aromatic nitrogens is 2. The summed E-state index contributed by atoms with van der Waals surface area (Å²) in [5, 5.41) is 7.24. The molecule has 5 nitrogen and oxygen atoms in total. The first-order valence-corrected chi connectivity index (χ1v) is 7.17. The average molecular weight is 306 g/mol. The lowest BCUT2D eigenvalue weighted by Gasteiger charge is -2.18. The van der Waals surface area contributed by atoms with E-state index in [0.29, 0.717) is 13.1 Å². The summed E-state index contributed by atoms with van der Waals surface area (Å²) in [5.41, 5.74) is -0.0939. The average Bonchev–Trinajstić information content (AvgIpc) is 2.81. The number of nitrogens with one attached hydrogen (secondary N) is 1. The number of nitrogens with zero attached hydrogens (tertiary/aromatic N) is 3. The Morgan fingerprint density at radius 2 is 1.91 bits per heavy atom. The monoisotopic (exact) mass is 306 g/mol. The van der Waals surface area contributed by atoms with Gasteiger partial charge in [0.25, 0.3) is 5.91 Å². The summed E-state index contributed by atoms with van der Waals surface area (Å²) >= 11 is 0. The van der Waals surface area contributed by atoms with E-state index >= 15 is 0 Å². The van der Waals surface area contributed by atoms with E-state index in [1.165, 1.54) is 18.3 Å². The standard InChI is InChI=1S/C15H16F2N4O/c16-11-3-1-4-12(17)14(11)21-9-5-13(19-21)15(22)20-8-2-6-18-7-10-20/h1,3-5,9,18H,2,6-8,10H2. The van der Waals surface area contributed by atoms with Crippen molar-refractivity contribution in [3.05, 3.63) is 47.8 Å². The number of halogens is 2. The molecule has 1 aromatic carbocycles. The molecule has 0 atom stereocenters. The third-order valence-electron chi connectivity index (χ3n) is 3.60. The second-order valence-electron chi connectivity index (χ2n) is 5.11. The maximum Gasteiger partial charge on any atom is 0.274 e. The van der Waals surface area contributed by atoms with Crippen LogP contribution in [-0.4, -0.2) is 46.8 Å². The van der Waals surface area contributed by atoms with Crippen LogP contribution in [0.1, 0.15) is 16.9 Å². The molecule has 1 N–H and O–H groups in total. The first-order valence-electron chi connectivity index (χ1n) is 7.17. The van der Waals surface area contributed by atoms with Gasteiger partial charge in [0.2, 0.25) is 0 Å². The van der Waals surface area contributed by atoms with Crippen LogP contribution in [0.4, 0.5) is 8.78 Å². The Labute approximate surface area is 126 Å². The molecule has 7 heteroatoms. The molecule has 1 aliphatic heterocycles. The molecule has 0 radical (unpaired) electrons. The van der Waals surface area contributed by atoms with Crippen LogP contribution < -0.4 is 5.32 Å². The fraction of sp³-hybridized carbons (Fsp3) is 0.333. The largest absolute Gasteiger partial charge is 0.336 e. The summed E-state index contributed by atoms with van der Waals surface area (Å²) in [5.74, 6) is -1.67. The Bertz CT molecular complexity index is 658. The summed E-state index contributed by atoms with van der Waals surface area (Å²) < 4.78 is 28.6. The third kappa shape index (κ3) is 2.85. The smallest absolute Gasteiger partial charge is 0.274 e. The van der Waals surface area contributed by atoms with Gasteiger partial charge in [-0.1, -0.05) is 6.07 Å². The van der Waals surface area contributed by atoms with Crippen molar-refractivity contribution in [3.63, 3.8) is 0 Å². The highest BCUT2D eigenvalue weighted by atomic mass is 19.1. The number of rotatable bonds is 2. The van der Waals surface area contributed by atoms with Gasteiger partial charge in [-0.05, 0) is 31.2 Å². The minimum atomic E-state index is -0.721. The van der Waals surface area contributed by atoms with Crippen molar-refractivity contribution in [1.82, 2.24) is 20.0 Å². The summed E-state index contributed by atoms with van der Waals surface area (Å²) in [4.78, 5) is 14.1. The molecule has 2 heterocycles. The van der Waals surface area contributed by atoms with Crippen LogP contribution in [0, 0.1) is 11.6 Å². The van der Waals surface area contributed by atoms with E-state index in [2.05, 4.69) is 10.4 Å². The fourth-order valence-corrected chi connectivity index (χ4v) is 2.48. The van der Waals surface area contributed by atoms with Crippen LogP contribution >= 0.6 is 0 Å². The van der Waals surface area contributed by atoms with E-state index in [4.69, 9.17) is 0 Å². The summed E-state index contributed by atoms with van der Waals surface area (Å²) in [6.45, 7) is 2.85. The second-order valence-corrected chi connectivity index (χ2v) is 5.11. The van der Waals surface area contributed by atoms with E-state index in [9.17, 15) is 13.6 Å². The Morgan fingerprint density at radius 3 is 2.68 bits per heavy atom. The molecule has 1 amide bonds. The van der Waals surface area contributed by atoms with Crippen molar-refractivity contribution in [2.24, 2.45) is 0 Å². The van der Waals surface area contributed by atoms with Gasteiger partial charge in [0.1, 0.15) is 5.69 Å². The predicted molar refractivity (Wildman–Crippen MR) is 76.9 cm³/mol. The summed E-state index contributed by atoms with van der Waals surface area (Å²) in [6, 6.07) is 5.07. The van der Waals surface area contributed by atoms with Crippen LogP contribution in [0.2, 0.25) is 0 Å². The van der Waals surface area contributed by atoms with Gasteiger partial charge in [0.15, 0.2) is 17.3 Å². The number of amides is 1. The van der Waals surface area contributed by atoms with Gasteiger partial charge in [-0.2, -0.15) is 5.10 Å². The highest BCUT2D eigenvalue weighted by Gasteiger charge is 2.20. The molecule has 116 valence electrons. The van der Waals surface area contributed by atoms with Gasteiger partial charge in [-0.25, -0.2) is 13.5 Å². The van der Waals surface area contributed by atoms with E-state index in [-0.39, 0.29) is 17.3 Å². The molecule has 0 aliphatic carbocycles. The quantitative estimate of drug-likeness (QED) is 0.916. The van der Waals surface area contributed by atoms with Crippen molar-refractivity contribution < 1.29 is 13.6 Å². The zero-order valence-electron chi connectivity index (χ0n) is 11.9. The zero-order chi connectivity index (χ0) is 15.5. The van der Waals surface area contributed by atoms with Crippen LogP contribution in [0.5, 0.6) is 0 Å². The number of benzene rings is 1. The lowest BCUT2D eigenvalue weighted by Crippen LogP contribution is -2.34. The molecular formula is C15H16F2N4O. The summed E-state index contributed by atoms with van der Waals surface area (Å²) in [6.07, 6.45) is 2.26. The maximum atomic E-state index is 13.8. The fourth-order valence-electron chi connectivity index (χ4n) is 2.48. The van der Waals surface area contributed by atoms with Gasteiger partial charge in [0, 0.05) is 25.8 Å². The first-order chi connectivity index (χ1) is 10.7. The highest BCUT2D eigenvalue weighted by Crippen LogP contribution is 2.17. The molecule has 0 unspecified atom stereocenters. The molecule has 1 saturated heterocycles. The van der Waals surface area contributed by atoms with Crippen LogP contribution in [0.25, 0.3) is 5.69 Å². The number of hydrogen-bond acceptors (Lipinski definition) is 3. The lowest BCUT2D eigenvalue weighted by atomic mass is 10.3. The van der Waals surface area contributed by atoms with Gasteiger partial charge >= 0.3 is 0 Å². The number of carbonyl (C=O) groups is 1. The predicted octanol–water partition coefficient (Wildman–Crippen LogP) is 1.59. The Kier molecular flexibility index (Phi) is 4.15. The molecule has 1 aromatic heterocycles. The van der Waals surface area contributed by atoms with E-state index < -0.39 is 11.6 Å². The topological polar surface area (TPSA) is 50.2 Å². The van der Waals surface area contributed by atoms with E-state index in [1.54, 1.807) is 4.90 Å². The van der Waals surface area contributed by atoms with Gasteiger partial charge in [-0.15, -0.1) is 0 Å². The molecule has 3 rings (SSSR count). The first kappa shape index (κ1) is 14.6. The van der Waals surface area contributed by atoms with Crippen molar-refractivity contribution in [1.29, 1.82) is 0 Å². The zero-order valence-corrected chi connectivity index (χ0v) is 11.9. The van der Waals surface area contributed by atoms with Gasteiger partial charge in [0.05, 0.1) is 0 Å². The van der Waals surface area contributed by atoms with Crippen LogP contribution in [0.3, 0.4) is 0 Å². The second kappa shape index (κ2) is 6.23. The molecule has 2 aromatic rings. The minimum Gasteiger partial charge on any atom is -0.336 e. The molecule has 0 saturated carbocycles. The van der Waals surface area contributed by atoms with Crippen molar-refractivity contribution in [3.8, 4) is 5.69 Å². The molecule has 1 fully saturated rings. The SMILES string of the molecule is O=C(c1ccn(-c2c(F)cccc2F)n1)N1CCCNCC1. The molecular weight excluding hydrogens is 290 g/mol. The van der Waals surface area contributed by atoms with Gasteiger partial charge in [-0.3, -0.25) is 4.79 Å². The minimum absolute atomic E-state index is 0.185. The number of para-hydroxylation sites is 1. The Balaban J connectivity index is 1.85. The van der Waals surface area contributed by atoms with Crippen molar-refractivity contribution in [2.75, 3.05) is 26.2 Å². The van der Waals surface area contributed by atoms with Crippen molar-refractivity contribution in [2.45, 2.75) is 6.42 Å². The Hall–Kier alpha value is -2.28. The lowest BCUT2D eigenvalue weighted by molar-refractivity contribution is 0.0760. The van der Waals surface area contributed by atoms with Crippen LogP contribution in [0.15, 0.2) is 30.5 Å². The third-order valence-corrected chi connectivity index (χ3v) is 3.60.